The van der Waals surface area contributed by atoms with E-state index in [1.165, 1.54) is 5.56 Å². The number of rotatable bonds is 3. The average Bonchev–Trinajstić information content (AvgIpc) is 2.33. The molecule has 2 aromatic rings. The van der Waals surface area contributed by atoms with Crippen molar-refractivity contribution in [2.24, 2.45) is 0 Å². The van der Waals surface area contributed by atoms with E-state index in [0.717, 1.165) is 10.2 Å². The zero-order valence-corrected chi connectivity index (χ0v) is 11.9. The predicted molar refractivity (Wildman–Crippen MR) is 77.0 cm³/mol. The van der Waals surface area contributed by atoms with Gasteiger partial charge in [0.1, 0.15) is 5.75 Å². The maximum atomic E-state index is 5.83. The van der Waals surface area contributed by atoms with Gasteiger partial charge < -0.3 is 10.5 Å². The van der Waals surface area contributed by atoms with Crippen molar-refractivity contribution in [1.29, 1.82) is 0 Å². The van der Waals surface area contributed by atoms with E-state index < -0.39 is 0 Å². The third-order valence-corrected chi connectivity index (χ3v) is 3.04. The lowest BCUT2D eigenvalue weighted by Gasteiger charge is -2.09. The van der Waals surface area contributed by atoms with Gasteiger partial charge in [0.2, 0.25) is 5.88 Å². The Labute approximate surface area is 115 Å². The lowest BCUT2D eigenvalue weighted by atomic mass is 10.0. The summed E-state index contributed by atoms with van der Waals surface area (Å²) >= 11 is 3.31. The Hall–Kier alpha value is -1.55. The maximum Gasteiger partial charge on any atom is 0.242 e. The summed E-state index contributed by atoms with van der Waals surface area (Å²) in [7, 11) is 0. The molecule has 94 valence electrons. The maximum absolute atomic E-state index is 5.83. The van der Waals surface area contributed by atoms with Crippen LogP contribution in [0.4, 0.5) is 5.69 Å². The van der Waals surface area contributed by atoms with Crippen molar-refractivity contribution in [3.05, 3.63) is 46.6 Å². The van der Waals surface area contributed by atoms with E-state index in [9.17, 15) is 0 Å². The fourth-order valence-corrected chi connectivity index (χ4v) is 1.91. The van der Waals surface area contributed by atoms with E-state index in [-0.39, 0.29) is 0 Å². The summed E-state index contributed by atoms with van der Waals surface area (Å²) in [5, 5.41) is 0. The number of hydrogen-bond acceptors (Lipinski definition) is 3. The van der Waals surface area contributed by atoms with Crippen molar-refractivity contribution in [1.82, 2.24) is 4.98 Å². The molecule has 0 aliphatic rings. The number of anilines is 1. The minimum absolute atomic E-state index is 0.426. The standard InChI is InChI=1S/C14H15BrN2O/c1-9(2)10-3-5-12(6-4-10)18-14-13(16)7-11(15)8-17-14/h3-9H,16H2,1-2H3. The molecule has 1 aromatic heterocycles. The van der Waals surface area contributed by atoms with E-state index in [1.54, 1.807) is 12.3 Å². The SMILES string of the molecule is CC(C)c1ccc(Oc2ncc(Br)cc2N)cc1. The van der Waals surface area contributed by atoms with Crippen LogP contribution in [0.1, 0.15) is 25.3 Å². The Morgan fingerprint density at radius 2 is 1.89 bits per heavy atom. The molecular weight excluding hydrogens is 292 g/mol. The van der Waals surface area contributed by atoms with Gasteiger partial charge in [0, 0.05) is 10.7 Å². The molecule has 0 atom stereocenters. The van der Waals surface area contributed by atoms with E-state index in [4.69, 9.17) is 10.5 Å². The molecule has 3 nitrogen and oxygen atoms in total. The fraction of sp³-hybridized carbons (Fsp3) is 0.214. The molecule has 1 heterocycles. The number of pyridine rings is 1. The minimum atomic E-state index is 0.426. The molecule has 0 aliphatic heterocycles. The zero-order chi connectivity index (χ0) is 13.1. The van der Waals surface area contributed by atoms with Crippen molar-refractivity contribution in [3.8, 4) is 11.6 Å². The average molecular weight is 307 g/mol. The smallest absolute Gasteiger partial charge is 0.242 e. The quantitative estimate of drug-likeness (QED) is 0.917. The monoisotopic (exact) mass is 306 g/mol. The molecular formula is C14H15BrN2O. The summed E-state index contributed by atoms with van der Waals surface area (Å²) in [4.78, 5) is 4.14. The van der Waals surface area contributed by atoms with Crippen LogP contribution < -0.4 is 10.5 Å². The Morgan fingerprint density at radius 3 is 2.44 bits per heavy atom. The van der Waals surface area contributed by atoms with Crippen molar-refractivity contribution >= 4 is 21.6 Å². The van der Waals surface area contributed by atoms with E-state index in [2.05, 4.69) is 46.9 Å². The summed E-state index contributed by atoms with van der Waals surface area (Å²) in [6, 6.07) is 9.73. The first-order valence-electron chi connectivity index (χ1n) is 5.75. The largest absolute Gasteiger partial charge is 0.437 e. The van der Waals surface area contributed by atoms with Gasteiger partial charge >= 0.3 is 0 Å². The van der Waals surface area contributed by atoms with Crippen LogP contribution in [-0.2, 0) is 0 Å². The molecule has 0 saturated carbocycles. The van der Waals surface area contributed by atoms with Gasteiger partial charge in [0.05, 0.1) is 5.69 Å². The van der Waals surface area contributed by atoms with Crippen molar-refractivity contribution < 1.29 is 4.74 Å². The van der Waals surface area contributed by atoms with E-state index >= 15 is 0 Å². The van der Waals surface area contributed by atoms with Crippen LogP contribution >= 0.6 is 15.9 Å². The lowest BCUT2D eigenvalue weighted by Crippen LogP contribution is -1.95. The van der Waals surface area contributed by atoms with Crippen molar-refractivity contribution in [3.63, 3.8) is 0 Å². The van der Waals surface area contributed by atoms with Crippen molar-refractivity contribution in [2.75, 3.05) is 5.73 Å². The predicted octanol–water partition coefficient (Wildman–Crippen LogP) is 4.34. The molecule has 0 aliphatic carbocycles. The second-order valence-corrected chi connectivity index (χ2v) is 5.29. The summed E-state index contributed by atoms with van der Waals surface area (Å²) in [6.45, 7) is 4.31. The Balaban J connectivity index is 2.18. The van der Waals surface area contributed by atoms with Gasteiger partial charge in [0.25, 0.3) is 0 Å². The molecule has 2 N–H and O–H groups in total. The van der Waals surface area contributed by atoms with Crippen LogP contribution in [0, 0.1) is 0 Å². The molecule has 0 saturated heterocycles. The fourth-order valence-electron chi connectivity index (χ4n) is 1.56. The van der Waals surface area contributed by atoms with Crippen LogP contribution in [0.3, 0.4) is 0 Å². The molecule has 0 amide bonds. The van der Waals surface area contributed by atoms with Gasteiger partial charge in [-0.05, 0) is 45.6 Å². The molecule has 0 unspecified atom stereocenters. The molecule has 0 fully saturated rings. The third kappa shape index (κ3) is 3.01. The second-order valence-electron chi connectivity index (χ2n) is 4.37. The molecule has 1 aromatic carbocycles. The van der Waals surface area contributed by atoms with Crippen LogP contribution in [0.25, 0.3) is 0 Å². The second kappa shape index (κ2) is 5.40. The van der Waals surface area contributed by atoms with Crippen LogP contribution in [-0.4, -0.2) is 4.98 Å². The first-order chi connectivity index (χ1) is 8.56. The summed E-state index contributed by atoms with van der Waals surface area (Å²) in [5.74, 6) is 1.67. The zero-order valence-electron chi connectivity index (χ0n) is 10.4. The van der Waals surface area contributed by atoms with E-state index in [1.807, 2.05) is 12.1 Å². The molecule has 2 rings (SSSR count). The van der Waals surface area contributed by atoms with Gasteiger partial charge in [-0.25, -0.2) is 4.98 Å². The molecule has 0 bridgehead atoms. The molecule has 0 spiro atoms. The number of nitrogens with zero attached hydrogens (tertiary/aromatic N) is 1. The van der Waals surface area contributed by atoms with E-state index in [0.29, 0.717) is 17.5 Å². The summed E-state index contributed by atoms with van der Waals surface area (Å²) < 4.78 is 6.48. The Morgan fingerprint density at radius 1 is 1.22 bits per heavy atom. The summed E-state index contributed by atoms with van der Waals surface area (Å²) in [6.07, 6.45) is 1.66. The number of nitrogens with two attached hydrogens (primary N) is 1. The number of benzene rings is 1. The molecule has 4 heteroatoms. The number of halogens is 1. The number of nitrogen functional groups attached to an aromatic ring is 1. The number of hydrogen-bond donors (Lipinski definition) is 1. The molecule has 0 radical (unpaired) electrons. The highest BCUT2D eigenvalue weighted by Gasteiger charge is 2.05. The summed E-state index contributed by atoms with van der Waals surface area (Å²) in [5.41, 5.74) is 7.62. The minimum Gasteiger partial charge on any atom is -0.437 e. The lowest BCUT2D eigenvalue weighted by molar-refractivity contribution is 0.465. The van der Waals surface area contributed by atoms with Crippen LogP contribution in [0.15, 0.2) is 41.0 Å². The normalized spacial score (nSPS) is 10.7. The topological polar surface area (TPSA) is 48.1 Å². The number of aromatic nitrogens is 1. The number of ether oxygens (including phenoxy) is 1. The highest BCUT2D eigenvalue weighted by molar-refractivity contribution is 9.10. The first kappa shape index (κ1) is 12.9. The van der Waals surface area contributed by atoms with Crippen LogP contribution in [0.5, 0.6) is 11.6 Å². The highest BCUT2D eigenvalue weighted by atomic mass is 79.9. The van der Waals surface area contributed by atoms with Gasteiger partial charge in [0.15, 0.2) is 0 Å². The Bertz CT molecular complexity index is 538. The highest BCUT2D eigenvalue weighted by Crippen LogP contribution is 2.28. The Kier molecular flexibility index (Phi) is 3.87. The van der Waals surface area contributed by atoms with Gasteiger partial charge in [-0.1, -0.05) is 26.0 Å². The van der Waals surface area contributed by atoms with Crippen molar-refractivity contribution in [2.45, 2.75) is 19.8 Å². The van der Waals surface area contributed by atoms with Crippen LogP contribution in [0.2, 0.25) is 0 Å². The first-order valence-corrected chi connectivity index (χ1v) is 6.54. The van der Waals surface area contributed by atoms with Gasteiger partial charge in [-0.2, -0.15) is 0 Å². The van der Waals surface area contributed by atoms with Gasteiger partial charge in [-0.3, -0.25) is 0 Å². The third-order valence-electron chi connectivity index (χ3n) is 2.61. The van der Waals surface area contributed by atoms with Gasteiger partial charge in [-0.15, -0.1) is 0 Å². The molecule has 18 heavy (non-hydrogen) atoms.